The average molecular weight is 453 g/mol. The summed E-state index contributed by atoms with van der Waals surface area (Å²) in [5.41, 5.74) is 0. The number of allylic oxidation sites excluding steroid dienone is 2. The molecule has 0 aromatic heterocycles. The maximum absolute atomic E-state index is 2.73. The second kappa shape index (κ2) is 19.8. The third kappa shape index (κ3) is 13.6. The van der Waals surface area contributed by atoms with Crippen LogP contribution >= 0.6 is 0 Å². The number of hydrogen-bond donors (Lipinski definition) is 0. The summed E-state index contributed by atoms with van der Waals surface area (Å²) in [4.78, 5) is 0. The Morgan fingerprint density at radius 2 is 0.567 bits per heavy atom. The van der Waals surface area contributed by atoms with Gasteiger partial charge in [-0.3, -0.25) is 0 Å². The second-order valence-electron chi connectivity index (χ2n) is 10.5. The Kier molecular flexibility index (Phi) is 19.9. The lowest BCUT2D eigenvalue weighted by Gasteiger charge is -2.33. The summed E-state index contributed by atoms with van der Waals surface area (Å²) in [6.45, 7) is 14.4. The van der Waals surface area contributed by atoms with Gasteiger partial charge in [0.05, 0.1) is 16.1 Å². The van der Waals surface area contributed by atoms with E-state index in [1.54, 1.807) is 36.3 Å². The molecular formula is C28H60Si2. The van der Waals surface area contributed by atoms with Gasteiger partial charge in [0.15, 0.2) is 0 Å². The van der Waals surface area contributed by atoms with Crippen molar-refractivity contribution in [3.05, 3.63) is 12.2 Å². The highest BCUT2D eigenvalue weighted by atomic mass is 28.3. The van der Waals surface area contributed by atoms with Crippen LogP contribution < -0.4 is 0 Å². The number of rotatable bonds is 22. The van der Waals surface area contributed by atoms with Crippen LogP contribution in [-0.4, -0.2) is 16.1 Å². The SMILES string of the molecule is CCCC[Si](C/C=C/C[Si](CCCC)(CCCC)CCCC)(CCCC)CCCC. The van der Waals surface area contributed by atoms with Crippen molar-refractivity contribution in [2.24, 2.45) is 0 Å². The van der Waals surface area contributed by atoms with Crippen LogP contribution in [0.5, 0.6) is 0 Å². The van der Waals surface area contributed by atoms with E-state index >= 15 is 0 Å². The fourth-order valence-electron chi connectivity index (χ4n) is 5.34. The first kappa shape index (κ1) is 30.2. The maximum Gasteiger partial charge on any atom is 0.0573 e. The minimum atomic E-state index is -1.10. The van der Waals surface area contributed by atoms with E-state index < -0.39 is 16.1 Å². The molecule has 0 heterocycles. The standard InChI is InChI=1S/C28H60Si2/c1-7-13-21-29(22-14-8-2,23-15-9-3)27-19-20-28-30(24-16-10-4,25-17-11-5)26-18-12-6/h19-20H,7-18,21-28H2,1-6H3/b20-19+. The summed E-state index contributed by atoms with van der Waals surface area (Å²) in [6, 6.07) is 12.6. The molecule has 2 heteroatoms. The highest BCUT2D eigenvalue weighted by Gasteiger charge is 2.31. The average Bonchev–Trinajstić information content (AvgIpc) is 2.77. The Hall–Kier alpha value is 0.174. The van der Waals surface area contributed by atoms with Crippen LogP contribution in [0.1, 0.15) is 119 Å². The van der Waals surface area contributed by atoms with Crippen LogP contribution in [0.3, 0.4) is 0 Å². The lowest BCUT2D eigenvalue weighted by molar-refractivity contribution is 0.788. The molecule has 0 spiro atoms. The minimum absolute atomic E-state index is 1.10. The zero-order valence-electron chi connectivity index (χ0n) is 22.3. The van der Waals surface area contributed by atoms with Crippen molar-refractivity contribution in [2.75, 3.05) is 0 Å². The molecular weight excluding hydrogens is 392 g/mol. The maximum atomic E-state index is 2.73. The Morgan fingerprint density at radius 1 is 0.367 bits per heavy atom. The predicted octanol–water partition coefficient (Wildman–Crippen LogP) is 11.2. The molecule has 0 nitrogen and oxygen atoms in total. The Balaban J connectivity index is 5.27. The molecule has 0 saturated heterocycles. The van der Waals surface area contributed by atoms with Gasteiger partial charge in [0, 0.05) is 0 Å². The first-order valence-electron chi connectivity index (χ1n) is 14.2. The van der Waals surface area contributed by atoms with E-state index in [9.17, 15) is 0 Å². The zero-order valence-corrected chi connectivity index (χ0v) is 24.3. The molecule has 0 saturated carbocycles. The number of unbranched alkanes of at least 4 members (excludes halogenated alkanes) is 6. The van der Waals surface area contributed by atoms with Crippen LogP contribution in [0.2, 0.25) is 48.4 Å². The molecule has 0 fully saturated rings. The molecule has 0 radical (unpaired) electrons. The molecule has 0 N–H and O–H groups in total. The van der Waals surface area contributed by atoms with Crippen molar-refractivity contribution >= 4 is 16.1 Å². The highest BCUT2D eigenvalue weighted by molar-refractivity contribution is 6.81. The normalized spacial score (nSPS) is 12.9. The van der Waals surface area contributed by atoms with Gasteiger partial charge in [-0.15, -0.1) is 0 Å². The van der Waals surface area contributed by atoms with E-state index in [0.717, 1.165) is 0 Å². The summed E-state index contributed by atoms with van der Waals surface area (Å²) in [5.74, 6) is 0. The number of hydrogen-bond acceptors (Lipinski definition) is 0. The fourth-order valence-corrected chi connectivity index (χ4v) is 16.0. The van der Waals surface area contributed by atoms with E-state index in [1.807, 2.05) is 0 Å². The van der Waals surface area contributed by atoms with E-state index in [2.05, 4.69) is 53.7 Å². The van der Waals surface area contributed by atoms with Gasteiger partial charge < -0.3 is 0 Å². The third-order valence-corrected chi connectivity index (χ3v) is 18.3. The molecule has 0 bridgehead atoms. The van der Waals surface area contributed by atoms with Crippen molar-refractivity contribution in [2.45, 2.75) is 167 Å². The van der Waals surface area contributed by atoms with Crippen molar-refractivity contribution in [3.63, 3.8) is 0 Å². The lowest BCUT2D eigenvalue weighted by atomic mass is 10.4. The molecule has 0 rings (SSSR count). The van der Waals surface area contributed by atoms with Gasteiger partial charge in [0.1, 0.15) is 0 Å². The fraction of sp³-hybridized carbons (Fsp3) is 0.929. The molecule has 0 aliphatic heterocycles. The van der Waals surface area contributed by atoms with Crippen molar-refractivity contribution in [3.8, 4) is 0 Å². The minimum Gasteiger partial charge on any atom is -0.0915 e. The topological polar surface area (TPSA) is 0 Å². The van der Waals surface area contributed by atoms with Crippen molar-refractivity contribution < 1.29 is 0 Å². The molecule has 0 atom stereocenters. The molecule has 180 valence electrons. The predicted molar refractivity (Wildman–Crippen MR) is 149 cm³/mol. The Bertz CT molecular complexity index is 309. The summed E-state index contributed by atoms with van der Waals surface area (Å²) in [7, 11) is -2.20. The molecule has 0 aliphatic carbocycles. The van der Waals surface area contributed by atoms with Crippen molar-refractivity contribution in [1.82, 2.24) is 0 Å². The molecule has 0 amide bonds. The molecule has 0 aromatic carbocycles. The summed E-state index contributed by atoms with van der Waals surface area (Å²) < 4.78 is 0. The van der Waals surface area contributed by atoms with Gasteiger partial charge in [-0.25, -0.2) is 0 Å². The molecule has 0 aromatic rings. The molecule has 0 aliphatic rings. The van der Waals surface area contributed by atoms with Crippen LogP contribution in [-0.2, 0) is 0 Å². The van der Waals surface area contributed by atoms with Gasteiger partial charge in [-0.1, -0.05) is 167 Å². The smallest absolute Gasteiger partial charge is 0.0573 e. The van der Waals surface area contributed by atoms with E-state index in [-0.39, 0.29) is 0 Å². The molecule has 30 heavy (non-hydrogen) atoms. The van der Waals surface area contributed by atoms with Crippen LogP contribution in [0, 0.1) is 0 Å². The first-order chi connectivity index (χ1) is 14.6. The largest absolute Gasteiger partial charge is 0.0915 e. The van der Waals surface area contributed by atoms with Gasteiger partial charge in [0.25, 0.3) is 0 Å². The zero-order chi connectivity index (χ0) is 22.6. The van der Waals surface area contributed by atoms with Crippen LogP contribution in [0.4, 0.5) is 0 Å². The highest BCUT2D eigenvalue weighted by Crippen LogP contribution is 2.35. The molecule has 0 unspecified atom stereocenters. The van der Waals surface area contributed by atoms with Gasteiger partial charge in [-0.05, 0) is 12.1 Å². The van der Waals surface area contributed by atoms with Gasteiger partial charge >= 0.3 is 0 Å². The van der Waals surface area contributed by atoms with E-state index in [1.165, 1.54) is 89.1 Å². The quantitative estimate of drug-likeness (QED) is 0.113. The van der Waals surface area contributed by atoms with E-state index in [0.29, 0.717) is 0 Å². The summed E-state index contributed by atoms with van der Waals surface area (Å²) >= 11 is 0. The summed E-state index contributed by atoms with van der Waals surface area (Å²) in [5, 5.41) is 0. The van der Waals surface area contributed by atoms with Gasteiger partial charge in [-0.2, -0.15) is 0 Å². The second-order valence-corrected chi connectivity index (χ2v) is 20.3. The Morgan fingerprint density at radius 3 is 0.733 bits per heavy atom. The van der Waals surface area contributed by atoms with Crippen LogP contribution in [0.25, 0.3) is 0 Å². The van der Waals surface area contributed by atoms with Crippen LogP contribution in [0.15, 0.2) is 12.2 Å². The van der Waals surface area contributed by atoms with Gasteiger partial charge in [0.2, 0.25) is 0 Å². The lowest BCUT2D eigenvalue weighted by Crippen LogP contribution is -2.34. The first-order valence-corrected chi connectivity index (χ1v) is 19.9. The Labute approximate surface area is 195 Å². The third-order valence-electron chi connectivity index (χ3n) is 7.63. The van der Waals surface area contributed by atoms with Crippen molar-refractivity contribution in [1.29, 1.82) is 0 Å². The van der Waals surface area contributed by atoms with E-state index in [4.69, 9.17) is 0 Å². The summed E-state index contributed by atoms with van der Waals surface area (Å²) in [6.07, 6.45) is 22.7. The monoisotopic (exact) mass is 452 g/mol.